The third-order valence-electron chi connectivity index (χ3n) is 3.63. The molecular weight excluding hydrogens is 394 g/mol. The molecule has 0 aromatic heterocycles. The molecule has 0 radical (unpaired) electrons. The molecule has 1 N–H and O–H groups in total. The predicted molar refractivity (Wildman–Crippen MR) is 93.3 cm³/mol. The first-order chi connectivity index (χ1) is 11.8. The van der Waals surface area contributed by atoms with Gasteiger partial charge in [0.2, 0.25) is 0 Å². The van der Waals surface area contributed by atoms with E-state index in [0.717, 1.165) is 0 Å². The number of benzene rings is 1. The standard InChI is InChI=1S/C17H14BrNO6/c1-25-15(20)9-11-6-7-14(19(23)24)12(16(11)17(21)22)8-10-4-2-3-5-13(10)18/h2-8,14H,9H2,1H3,(H,21,22). The zero-order valence-electron chi connectivity index (χ0n) is 13.1. The van der Waals surface area contributed by atoms with Gasteiger partial charge in [-0.05, 0) is 29.4 Å². The van der Waals surface area contributed by atoms with Crippen LogP contribution in [0.2, 0.25) is 0 Å². The first kappa shape index (κ1) is 18.6. The van der Waals surface area contributed by atoms with Crippen molar-refractivity contribution in [3.8, 4) is 0 Å². The van der Waals surface area contributed by atoms with Gasteiger partial charge in [-0.15, -0.1) is 0 Å². The second-order valence-corrected chi connectivity index (χ2v) is 6.02. The summed E-state index contributed by atoms with van der Waals surface area (Å²) in [6.45, 7) is 0. The number of carboxylic acids is 1. The number of carbonyl (C=O) groups excluding carboxylic acids is 1. The van der Waals surface area contributed by atoms with Crippen molar-refractivity contribution in [3.63, 3.8) is 0 Å². The lowest BCUT2D eigenvalue weighted by Gasteiger charge is -2.19. The monoisotopic (exact) mass is 407 g/mol. The molecule has 0 saturated carbocycles. The Kier molecular flexibility index (Phi) is 5.87. The third kappa shape index (κ3) is 4.21. The molecule has 1 aromatic rings. The Balaban J connectivity index is 2.65. The van der Waals surface area contributed by atoms with Crippen molar-refractivity contribution in [1.82, 2.24) is 0 Å². The fourth-order valence-corrected chi connectivity index (χ4v) is 2.86. The Morgan fingerprint density at radius 3 is 2.64 bits per heavy atom. The summed E-state index contributed by atoms with van der Waals surface area (Å²) in [5, 5.41) is 21.0. The summed E-state index contributed by atoms with van der Waals surface area (Å²) in [6.07, 6.45) is 3.73. The number of esters is 1. The van der Waals surface area contributed by atoms with Gasteiger partial charge < -0.3 is 9.84 Å². The van der Waals surface area contributed by atoms with Crippen LogP contribution >= 0.6 is 15.9 Å². The van der Waals surface area contributed by atoms with Crippen molar-refractivity contribution in [2.75, 3.05) is 7.11 Å². The van der Waals surface area contributed by atoms with Gasteiger partial charge in [-0.3, -0.25) is 14.9 Å². The van der Waals surface area contributed by atoms with E-state index in [1.807, 2.05) is 0 Å². The van der Waals surface area contributed by atoms with Crippen LogP contribution < -0.4 is 0 Å². The van der Waals surface area contributed by atoms with Gasteiger partial charge in [-0.25, -0.2) is 4.79 Å². The number of carboxylic acid groups (broad SMARTS) is 1. The van der Waals surface area contributed by atoms with E-state index in [1.165, 1.54) is 25.3 Å². The quantitative estimate of drug-likeness (QED) is 0.456. The lowest BCUT2D eigenvalue weighted by Crippen LogP contribution is -2.27. The Morgan fingerprint density at radius 1 is 1.40 bits per heavy atom. The number of methoxy groups -OCH3 is 1. The number of aliphatic carboxylic acids is 1. The average Bonchev–Trinajstić information content (AvgIpc) is 2.56. The van der Waals surface area contributed by atoms with Crippen molar-refractivity contribution < 1.29 is 24.4 Å². The first-order valence-corrected chi connectivity index (χ1v) is 7.96. The van der Waals surface area contributed by atoms with E-state index in [2.05, 4.69) is 20.7 Å². The van der Waals surface area contributed by atoms with Crippen LogP contribution in [0.1, 0.15) is 12.0 Å². The molecule has 0 amide bonds. The van der Waals surface area contributed by atoms with E-state index in [0.29, 0.717) is 10.0 Å². The molecule has 1 unspecified atom stereocenters. The molecule has 1 aliphatic carbocycles. The molecule has 0 saturated heterocycles. The third-order valence-corrected chi connectivity index (χ3v) is 4.35. The molecule has 0 aliphatic heterocycles. The number of halogens is 1. The summed E-state index contributed by atoms with van der Waals surface area (Å²) < 4.78 is 5.23. The van der Waals surface area contributed by atoms with Crippen molar-refractivity contribution in [3.05, 3.63) is 73.3 Å². The van der Waals surface area contributed by atoms with E-state index < -0.39 is 22.9 Å². The first-order valence-electron chi connectivity index (χ1n) is 7.16. The molecule has 0 fully saturated rings. The van der Waals surface area contributed by atoms with Crippen LogP contribution in [0.25, 0.3) is 6.08 Å². The van der Waals surface area contributed by atoms with Crippen molar-refractivity contribution >= 4 is 33.9 Å². The molecule has 2 rings (SSSR count). The minimum absolute atomic E-state index is 0.00537. The molecule has 1 aromatic carbocycles. The largest absolute Gasteiger partial charge is 0.478 e. The molecule has 0 heterocycles. The van der Waals surface area contributed by atoms with Crippen LogP contribution in [0, 0.1) is 10.1 Å². The maximum Gasteiger partial charge on any atom is 0.336 e. The topological polar surface area (TPSA) is 107 Å². The van der Waals surface area contributed by atoms with Crippen LogP contribution in [-0.2, 0) is 14.3 Å². The van der Waals surface area contributed by atoms with Gasteiger partial charge in [0.15, 0.2) is 0 Å². The minimum atomic E-state index is -1.34. The van der Waals surface area contributed by atoms with E-state index >= 15 is 0 Å². The normalized spacial score (nSPS) is 18.3. The number of nitrogens with zero attached hydrogens (tertiary/aromatic N) is 1. The molecule has 1 atom stereocenters. The zero-order valence-corrected chi connectivity index (χ0v) is 14.7. The molecule has 25 heavy (non-hydrogen) atoms. The summed E-state index contributed by atoms with van der Waals surface area (Å²) in [4.78, 5) is 34.1. The second kappa shape index (κ2) is 7.89. The van der Waals surface area contributed by atoms with Crippen molar-refractivity contribution in [1.29, 1.82) is 0 Å². The van der Waals surface area contributed by atoms with E-state index in [4.69, 9.17) is 0 Å². The van der Waals surface area contributed by atoms with Gasteiger partial charge in [0.25, 0.3) is 6.04 Å². The van der Waals surface area contributed by atoms with Gasteiger partial charge in [0, 0.05) is 15.0 Å². The SMILES string of the molecule is COC(=O)CC1=C(C(=O)O)C(=Cc2ccccc2Br)C([N+](=O)[O-])C=C1. The fourth-order valence-electron chi connectivity index (χ4n) is 2.46. The Hall–Kier alpha value is -2.74. The number of nitro groups is 1. The Morgan fingerprint density at radius 2 is 2.08 bits per heavy atom. The Labute approximate surface area is 151 Å². The number of rotatable bonds is 5. The highest BCUT2D eigenvalue weighted by Gasteiger charge is 2.34. The van der Waals surface area contributed by atoms with Gasteiger partial charge in [0.05, 0.1) is 19.1 Å². The molecule has 8 heteroatoms. The van der Waals surface area contributed by atoms with E-state index in [-0.39, 0.29) is 23.1 Å². The highest BCUT2D eigenvalue weighted by Crippen LogP contribution is 2.32. The molecule has 0 spiro atoms. The lowest BCUT2D eigenvalue weighted by atomic mass is 9.86. The molecule has 7 nitrogen and oxygen atoms in total. The highest BCUT2D eigenvalue weighted by molar-refractivity contribution is 9.10. The maximum atomic E-state index is 11.8. The van der Waals surface area contributed by atoms with Gasteiger partial charge in [-0.1, -0.05) is 40.2 Å². The molecule has 0 bridgehead atoms. The smallest absolute Gasteiger partial charge is 0.336 e. The fraction of sp³-hybridized carbons (Fsp3) is 0.176. The van der Waals surface area contributed by atoms with Gasteiger partial charge in [0.1, 0.15) is 0 Å². The highest BCUT2D eigenvalue weighted by atomic mass is 79.9. The van der Waals surface area contributed by atoms with Crippen LogP contribution in [0.3, 0.4) is 0 Å². The number of allylic oxidation sites excluding steroid dienone is 1. The van der Waals surface area contributed by atoms with Crippen LogP contribution in [0.15, 0.2) is 57.6 Å². The second-order valence-electron chi connectivity index (χ2n) is 5.17. The number of carbonyl (C=O) groups is 2. The molecular formula is C17H14BrNO6. The van der Waals surface area contributed by atoms with E-state index in [1.54, 1.807) is 24.3 Å². The van der Waals surface area contributed by atoms with Crippen LogP contribution in [-0.4, -0.2) is 35.1 Å². The summed E-state index contributed by atoms with van der Waals surface area (Å²) >= 11 is 3.33. The molecule has 130 valence electrons. The van der Waals surface area contributed by atoms with Gasteiger partial charge in [-0.2, -0.15) is 0 Å². The minimum Gasteiger partial charge on any atom is -0.478 e. The van der Waals surface area contributed by atoms with Crippen LogP contribution in [0.5, 0.6) is 0 Å². The Bertz CT molecular complexity index is 824. The summed E-state index contributed by atoms with van der Waals surface area (Å²) in [6, 6.07) is 5.63. The number of hydrogen-bond donors (Lipinski definition) is 1. The zero-order chi connectivity index (χ0) is 18.6. The van der Waals surface area contributed by atoms with E-state index in [9.17, 15) is 24.8 Å². The van der Waals surface area contributed by atoms with Crippen LogP contribution in [0.4, 0.5) is 0 Å². The summed E-state index contributed by atoms with van der Waals surface area (Å²) in [5.41, 5.74) is 0.503. The van der Waals surface area contributed by atoms with Crippen molar-refractivity contribution in [2.45, 2.75) is 12.5 Å². The lowest BCUT2D eigenvalue weighted by molar-refractivity contribution is -0.498. The predicted octanol–water partition coefficient (Wildman–Crippen LogP) is 2.99. The van der Waals surface area contributed by atoms with Gasteiger partial charge >= 0.3 is 11.9 Å². The average molecular weight is 408 g/mol. The molecule has 1 aliphatic rings. The van der Waals surface area contributed by atoms with Crippen molar-refractivity contribution in [2.24, 2.45) is 0 Å². The number of ether oxygens (including phenoxy) is 1. The number of hydrogen-bond acceptors (Lipinski definition) is 5. The maximum absolute atomic E-state index is 11.8. The summed E-state index contributed by atoms with van der Waals surface area (Å²) in [5.74, 6) is -1.97. The summed E-state index contributed by atoms with van der Waals surface area (Å²) in [7, 11) is 1.19.